The number of amides is 1. The molecule has 2 N–H and O–H groups in total. The second-order valence-electron chi connectivity index (χ2n) is 8.34. The van der Waals surface area contributed by atoms with Gasteiger partial charge in [0.1, 0.15) is 17.1 Å². The number of rotatable bonds is 3. The molecule has 2 aliphatic rings. The molecule has 0 radical (unpaired) electrons. The molecule has 1 fully saturated rings. The van der Waals surface area contributed by atoms with Crippen LogP contribution in [0, 0.1) is 0 Å². The summed E-state index contributed by atoms with van der Waals surface area (Å²) in [5.74, 6) is -1.33. The summed E-state index contributed by atoms with van der Waals surface area (Å²) < 4.78 is 5.29. The van der Waals surface area contributed by atoms with Crippen LogP contribution in [0.1, 0.15) is 61.4 Å². The molecule has 1 aromatic carbocycles. The number of hydrogen-bond acceptors (Lipinski definition) is 7. The Morgan fingerprint density at radius 2 is 1.97 bits per heavy atom. The van der Waals surface area contributed by atoms with Crippen LogP contribution in [0.15, 0.2) is 41.6 Å². The number of nitrogens with zero attached hydrogens (tertiary/aromatic N) is 2. The minimum Gasteiger partial charge on any atom is -0.508 e. The predicted molar refractivity (Wildman–Crippen MR) is 124 cm³/mol. The van der Waals surface area contributed by atoms with Gasteiger partial charge in [0.05, 0.1) is 12.3 Å². The van der Waals surface area contributed by atoms with Crippen molar-refractivity contribution in [2.75, 3.05) is 19.8 Å². The van der Waals surface area contributed by atoms with Gasteiger partial charge in [0.25, 0.3) is 5.91 Å². The fourth-order valence-corrected chi connectivity index (χ4v) is 4.02. The summed E-state index contributed by atoms with van der Waals surface area (Å²) in [5, 5.41) is 24.4. The second kappa shape index (κ2) is 12.1. The number of hydrogen-bond donors (Lipinski definition) is 2. The van der Waals surface area contributed by atoms with Crippen LogP contribution in [0.25, 0.3) is 0 Å². The summed E-state index contributed by atoms with van der Waals surface area (Å²) in [7, 11) is 0. The highest BCUT2D eigenvalue weighted by atomic mass is 16.6. The minimum atomic E-state index is -0.675. The Morgan fingerprint density at radius 1 is 1.18 bits per heavy atom. The SMILES string of the molecule is CC1CCCCN1C(=O)CON=C1/C=C/CC/C=C/CCOC(=O)c2c(O)cc(O)cc2C1. The Kier molecular flexibility index (Phi) is 8.92. The summed E-state index contributed by atoms with van der Waals surface area (Å²) in [4.78, 5) is 32.4. The highest BCUT2D eigenvalue weighted by molar-refractivity contribution is 6.00. The first-order chi connectivity index (χ1) is 16.0. The standard InChI is InChI=1S/C25H32N2O6/c1-18-10-7-8-12-27(18)23(30)17-33-26-20-11-6-4-2-3-5-9-13-32-25(31)24-19(14-20)15-21(28)16-22(24)29/h3,5-6,11,15-16,18,28-29H,2,4,7-10,12-14,17H2,1H3/b5-3+,11-6+,26-20?. The van der Waals surface area contributed by atoms with E-state index in [1.807, 2.05) is 30.1 Å². The van der Waals surface area contributed by atoms with Gasteiger partial charge in [-0.05, 0) is 63.2 Å². The molecule has 33 heavy (non-hydrogen) atoms. The molecule has 8 nitrogen and oxygen atoms in total. The maximum Gasteiger partial charge on any atom is 0.342 e. The van der Waals surface area contributed by atoms with Crippen LogP contribution in [-0.4, -0.2) is 58.5 Å². The molecule has 2 aliphatic heterocycles. The molecule has 0 bridgehead atoms. The first-order valence-corrected chi connectivity index (χ1v) is 11.5. The van der Waals surface area contributed by atoms with Crippen molar-refractivity contribution >= 4 is 17.6 Å². The van der Waals surface area contributed by atoms with Gasteiger partial charge in [-0.1, -0.05) is 23.4 Å². The lowest BCUT2D eigenvalue weighted by Gasteiger charge is -2.32. The maximum absolute atomic E-state index is 12.6. The van der Waals surface area contributed by atoms with Crippen molar-refractivity contribution in [2.24, 2.45) is 5.16 Å². The van der Waals surface area contributed by atoms with Crippen molar-refractivity contribution in [3.05, 3.63) is 47.6 Å². The number of aromatic hydroxyl groups is 2. The number of carbonyl (C=O) groups is 2. The average Bonchev–Trinajstić information content (AvgIpc) is 2.77. The average molecular weight is 457 g/mol. The van der Waals surface area contributed by atoms with Crippen molar-refractivity contribution in [1.29, 1.82) is 0 Å². The quantitative estimate of drug-likeness (QED) is 0.406. The molecule has 0 spiro atoms. The number of phenols is 2. The molecular weight excluding hydrogens is 424 g/mol. The number of allylic oxidation sites excluding steroid dienone is 3. The van der Waals surface area contributed by atoms with Gasteiger partial charge in [-0.25, -0.2) is 4.79 Å². The Morgan fingerprint density at radius 3 is 2.79 bits per heavy atom. The largest absolute Gasteiger partial charge is 0.508 e. The van der Waals surface area contributed by atoms with E-state index in [0.29, 0.717) is 17.7 Å². The zero-order valence-corrected chi connectivity index (χ0v) is 19.0. The van der Waals surface area contributed by atoms with Crippen molar-refractivity contribution < 1.29 is 29.4 Å². The van der Waals surface area contributed by atoms with Crippen LogP contribution in [0.5, 0.6) is 11.5 Å². The highest BCUT2D eigenvalue weighted by Gasteiger charge is 2.24. The molecule has 178 valence electrons. The number of benzene rings is 1. The third-order valence-corrected chi connectivity index (χ3v) is 5.75. The fraction of sp³-hybridized carbons (Fsp3) is 0.480. The number of fused-ring (bicyclic) bond motifs is 1. The molecule has 0 saturated carbocycles. The Bertz CT molecular complexity index is 937. The number of esters is 1. The van der Waals surface area contributed by atoms with E-state index >= 15 is 0 Å². The minimum absolute atomic E-state index is 0.0202. The summed E-state index contributed by atoms with van der Waals surface area (Å²) in [6.45, 7) is 2.77. The lowest BCUT2D eigenvalue weighted by Crippen LogP contribution is -2.43. The van der Waals surface area contributed by atoms with Crippen LogP contribution in [0.4, 0.5) is 0 Å². The second-order valence-corrected chi connectivity index (χ2v) is 8.34. The summed E-state index contributed by atoms with van der Waals surface area (Å²) in [5.41, 5.74) is 0.788. The van der Waals surface area contributed by atoms with Crippen LogP contribution in [0.3, 0.4) is 0 Å². The predicted octanol–water partition coefficient (Wildman–Crippen LogP) is 3.87. The van der Waals surface area contributed by atoms with Gasteiger partial charge in [0, 0.05) is 25.1 Å². The third-order valence-electron chi connectivity index (χ3n) is 5.75. The number of cyclic esters (lactones) is 1. The van der Waals surface area contributed by atoms with E-state index in [0.717, 1.165) is 44.7 Å². The van der Waals surface area contributed by atoms with Crippen molar-refractivity contribution in [3.8, 4) is 11.5 Å². The third kappa shape index (κ3) is 7.10. The Balaban J connectivity index is 1.81. The number of piperidine rings is 1. The Labute approximate surface area is 194 Å². The molecule has 3 rings (SSSR count). The number of ether oxygens (including phenoxy) is 1. The van der Waals surface area contributed by atoms with Gasteiger partial charge in [0.2, 0.25) is 0 Å². The summed E-state index contributed by atoms with van der Waals surface area (Å²) in [6.07, 6.45) is 13.0. The van der Waals surface area contributed by atoms with Crippen LogP contribution < -0.4 is 0 Å². The molecule has 0 aromatic heterocycles. The molecule has 8 heteroatoms. The molecule has 1 atom stereocenters. The fourth-order valence-electron chi connectivity index (χ4n) is 4.02. The summed E-state index contributed by atoms with van der Waals surface area (Å²) >= 11 is 0. The van der Waals surface area contributed by atoms with E-state index in [9.17, 15) is 19.8 Å². The van der Waals surface area contributed by atoms with Gasteiger partial charge in [-0.3, -0.25) is 4.79 Å². The summed E-state index contributed by atoms with van der Waals surface area (Å²) in [6, 6.07) is 2.69. The molecule has 1 saturated heterocycles. The van der Waals surface area contributed by atoms with Crippen LogP contribution >= 0.6 is 0 Å². The number of carbonyl (C=O) groups excluding carboxylic acids is 2. The topological polar surface area (TPSA) is 109 Å². The van der Waals surface area contributed by atoms with Gasteiger partial charge in [-0.15, -0.1) is 0 Å². The van der Waals surface area contributed by atoms with E-state index in [1.165, 1.54) is 6.07 Å². The molecule has 1 aromatic rings. The zero-order valence-electron chi connectivity index (χ0n) is 19.0. The molecule has 0 aliphatic carbocycles. The van der Waals surface area contributed by atoms with Gasteiger partial charge >= 0.3 is 5.97 Å². The van der Waals surface area contributed by atoms with Gasteiger partial charge < -0.3 is 24.7 Å². The first-order valence-electron chi connectivity index (χ1n) is 11.5. The highest BCUT2D eigenvalue weighted by Crippen LogP contribution is 2.29. The normalized spacial score (nSPS) is 23.2. The zero-order chi connectivity index (χ0) is 23.6. The number of likely N-dealkylation sites (tertiary alicyclic amines) is 1. The molecule has 2 heterocycles. The smallest absolute Gasteiger partial charge is 0.342 e. The van der Waals surface area contributed by atoms with Gasteiger partial charge in [-0.2, -0.15) is 0 Å². The van der Waals surface area contributed by atoms with Crippen molar-refractivity contribution in [3.63, 3.8) is 0 Å². The lowest BCUT2D eigenvalue weighted by molar-refractivity contribution is -0.139. The molecule has 1 amide bonds. The van der Waals surface area contributed by atoms with E-state index in [2.05, 4.69) is 5.16 Å². The van der Waals surface area contributed by atoms with E-state index < -0.39 is 5.97 Å². The van der Waals surface area contributed by atoms with E-state index in [-0.39, 0.29) is 48.6 Å². The molecule has 1 unspecified atom stereocenters. The monoisotopic (exact) mass is 456 g/mol. The van der Waals surface area contributed by atoms with Crippen molar-refractivity contribution in [2.45, 2.75) is 57.9 Å². The number of oxime groups is 1. The number of phenolic OH excluding ortho intramolecular Hbond substituents is 2. The Hall–Kier alpha value is -3.29. The van der Waals surface area contributed by atoms with Crippen LogP contribution in [-0.2, 0) is 20.8 Å². The van der Waals surface area contributed by atoms with Gasteiger partial charge in [0.15, 0.2) is 6.61 Å². The lowest BCUT2D eigenvalue weighted by atomic mass is 10.00. The van der Waals surface area contributed by atoms with E-state index in [4.69, 9.17) is 9.57 Å². The first kappa shape index (κ1) is 24.4. The van der Waals surface area contributed by atoms with E-state index in [1.54, 1.807) is 6.08 Å². The molecular formula is C25H32N2O6. The van der Waals surface area contributed by atoms with Crippen molar-refractivity contribution in [1.82, 2.24) is 4.90 Å². The van der Waals surface area contributed by atoms with Crippen LogP contribution in [0.2, 0.25) is 0 Å². The maximum atomic E-state index is 12.6.